The fraction of sp³-hybridized carbons (Fsp3) is 0.333. The summed E-state index contributed by atoms with van der Waals surface area (Å²) in [4.78, 5) is 35.2. The smallest absolute Gasteiger partial charge is 0.412 e. The Balaban J connectivity index is 1.07. The minimum atomic E-state index is -3.85. The molecule has 51 heavy (non-hydrogen) atoms. The summed E-state index contributed by atoms with van der Waals surface area (Å²) in [6.07, 6.45) is 8.46. The van der Waals surface area contributed by atoms with Crippen molar-refractivity contribution in [1.29, 1.82) is 0 Å². The highest BCUT2D eigenvalue weighted by Crippen LogP contribution is 2.45. The number of hydrogen-bond acceptors (Lipinski definition) is 8. The van der Waals surface area contributed by atoms with Gasteiger partial charge in [0.05, 0.1) is 16.1 Å². The van der Waals surface area contributed by atoms with Crippen molar-refractivity contribution >= 4 is 44.6 Å². The predicted molar refractivity (Wildman–Crippen MR) is 197 cm³/mol. The van der Waals surface area contributed by atoms with Crippen molar-refractivity contribution in [3.05, 3.63) is 102 Å². The van der Waals surface area contributed by atoms with Crippen molar-refractivity contribution in [3.63, 3.8) is 0 Å². The van der Waals surface area contributed by atoms with Crippen LogP contribution in [0.1, 0.15) is 81.1 Å². The zero-order valence-corrected chi connectivity index (χ0v) is 29.7. The van der Waals surface area contributed by atoms with Gasteiger partial charge in [0.15, 0.2) is 0 Å². The van der Waals surface area contributed by atoms with Crippen LogP contribution in [-0.4, -0.2) is 52.0 Å². The molecule has 5 aromatic rings. The Kier molecular flexibility index (Phi) is 9.28. The van der Waals surface area contributed by atoms with Crippen molar-refractivity contribution in [2.24, 2.45) is 0 Å². The molecule has 2 aliphatic rings. The number of aromatic nitrogens is 3. The number of hydrogen-bond donors (Lipinski definition) is 3. The number of anilines is 2. The standard InChI is InChI=1S/C39H42N6O5S/c1-39(2,3)50-38(47)43-27-20-18-26(19-21-27)36(46)41-28-10-9-11-29(22-28)42-37-40-23-32(25-16-17-25)35(44-37)33-24-45(34-15-8-7-14-31(33)34)51(48,49)30-12-5-4-6-13-30/h4-8,12-15,18-21,23-25,28-29H,9-11,16-17,22H2,1-3H3,(H,41,46)(H,43,47)(H,40,42,44)/t28-,29+/m0/s1. The first kappa shape index (κ1) is 34.2. The molecule has 3 aromatic carbocycles. The highest BCUT2D eigenvalue weighted by Gasteiger charge is 2.31. The Morgan fingerprint density at radius 2 is 1.59 bits per heavy atom. The molecule has 2 heterocycles. The second-order valence-corrected chi connectivity index (χ2v) is 16.1. The lowest BCUT2D eigenvalue weighted by molar-refractivity contribution is 0.0635. The summed E-state index contributed by atoms with van der Waals surface area (Å²) in [5.41, 5.74) is 3.51. The third-order valence-corrected chi connectivity index (χ3v) is 10.9. The van der Waals surface area contributed by atoms with Gasteiger partial charge in [-0.2, -0.15) is 0 Å². The molecule has 264 valence electrons. The number of benzene rings is 3. The highest BCUT2D eigenvalue weighted by atomic mass is 32.2. The molecule has 0 unspecified atom stereocenters. The number of para-hydroxylation sites is 1. The topological polar surface area (TPSA) is 144 Å². The van der Waals surface area contributed by atoms with Gasteiger partial charge < -0.3 is 15.4 Å². The third kappa shape index (κ3) is 7.75. The zero-order chi connectivity index (χ0) is 35.8. The van der Waals surface area contributed by atoms with Gasteiger partial charge in [-0.25, -0.2) is 27.2 Å². The molecule has 7 rings (SSSR count). The van der Waals surface area contributed by atoms with Crippen LogP contribution in [0.4, 0.5) is 16.4 Å². The van der Waals surface area contributed by atoms with Gasteiger partial charge in [-0.05, 0) is 108 Å². The number of ether oxygens (including phenoxy) is 1. The van der Waals surface area contributed by atoms with Crippen LogP contribution in [0.15, 0.2) is 96.2 Å². The number of nitrogens with one attached hydrogen (secondary N) is 3. The van der Waals surface area contributed by atoms with E-state index in [1.54, 1.807) is 81.6 Å². The van der Waals surface area contributed by atoms with Crippen molar-refractivity contribution < 1.29 is 22.7 Å². The average molecular weight is 707 g/mol. The average Bonchev–Trinajstić information content (AvgIpc) is 3.87. The monoisotopic (exact) mass is 706 g/mol. The molecule has 2 fully saturated rings. The summed E-state index contributed by atoms with van der Waals surface area (Å²) in [7, 11) is -3.85. The van der Waals surface area contributed by atoms with Gasteiger partial charge in [0.25, 0.3) is 15.9 Å². The van der Waals surface area contributed by atoms with Crippen LogP contribution in [0, 0.1) is 0 Å². The molecule has 0 aliphatic heterocycles. The molecule has 2 amide bonds. The van der Waals surface area contributed by atoms with Crippen LogP contribution in [0.25, 0.3) is 22.2 Å². The van der Waals surface area contributed by atoms with Gasteiger partial charge in [-0.15, -0.1) is 0 Å². The minimum absolute atomic E-state index is 0.0314. The SMILES string of the molecule is CC(C)(C)OC(=O)Nc1ccc(C(=O)N[C@H]2CCC[C@@H](Nc3ncc(C4CC4)c(-c4cn(S(=O)(=O)c5ccccc5)c5ccccc45)n3)C2)cc1. The fourth-order valence-corrected chi connectivity index (χ4v) is 8.03. The Morgan fingerprint density at radius 3 is 2.31 bits per heavy atom. The van der Waals surface area contributed by atoms with Crippen molar-refractivity contribution in [3.8, 4) is 11.3 Å². The largest absolute Gasteiger partial charge is 0.444 e. The molecule has 0 radical (unpaired) electrons. The van der Waals surface area contributed by atoms with Crippen LogP contribution >= 0.6 is 0 Å². The Bertz CT molecular complexity index is 2170. The molecule has 2 atom stereocenters. The van der Waals surface area contributed by atoms with Gasteiger partial charge in [0.1, 0.15) is 5.60 Å². The van der Waals surface area contributed by atoms with E-state index in [1.807, 2.05) is 30.5 Å². The van der Waals surface area contributed by atoms with Gasteiger partial charge in [0, 0.05) is 52.2 Å². The lowest BCUT2D eigenvalue weighted by Gasteiger charge is -2.30. The molecular formula is C39H42N6O5S. The molecule has 3 N–H and O–H groups in total. The molecular weight excluding hydrogens is 665 g/mol. The molecule has 0 saturated heterocycles. The summed E-state index contributed by atoms with van der Waals surface area (Å²) in [6.45, 7) is 5.39. The van der Waals surface area contributed by atoms with E-state index in [4.69, 9.17) is 14.7 Å². The zero-order valence-electron chi connectivity index (χ0n) is 28.9. The normalized spacial score (nSPS) is 17.9. The third-order valence-electron chi connectivity index (χ3n) is 9.20. The molecule has 0 bridgehead atoms. The number of amides is 2. The van der Waals surface area contributed by atoms with Crippen LogP contribution in [0.2, 0.25) is 0 Å². The minimum Gasteiger partial charge on any atom is -0.444 e. The molecule has 12 heteroatoms. The Morgan fingerprint density at radius 1 is 0.882 bits per heavy atom. The van der Waals surface area contributed by atoms with Gasteiger partial charge >= 0.3 is 6.09 Å². The number of fused-ring (bicyclic) bond motifs is 1. The van der Waals surface area contributed by atoms with Gasteiger partial charge in [-0.3, -0.25) is 10.1 Å². The number of nitrogens with zero attached hydrogens (tertiary/aromatic N) is 3. The summed E-state index contributed by atoms with van der Waals surface area (Å²) in [5.74, 6) is 0.624. The highest BCUT2D eigenvalue weighted by molar-refractivity contribution is 7.90. The van der Waals surface area contributed by atoms with E-state index in [0.29, 0.717) is 35.1 Å². The molecule has 0 spiro atoms. The fourth-order valence-electron chi connectivity index (χ4n) is 6.64. The first-order chi connectivity index (χ1) is 24.4. The summed E-state index contributed by atoms with van der Waals surface area (Å²) >= 11 is 0. The van der Waals surface area contributed by atoms with Gasteiger partial charge in [0.2, 0.25) is 5.95 Å². The van der Waals surface area contributed by atoms with Crippen LogP contribution in [0.3, 0.4) is 0 Å². The number of carbonyl (C=O) groups excluding carboxylic acids is 2. The summed E-state index contributed by atoms with van der Waals surface area (Å²) in [6, 6.07) is 22.7. The summed E-state index contributed by atoms with van der Waals surface area (Å²) in [5, 5.41) is 10.2. The van der Waals surface area contributed by atoms with E-state index < -0.39 is 21.7 Å². The lowest BCUT2D eigenvalue weighted by Crippen LogP contribution is -2.42. The molecule has 2 aromatic heterocycles. The van der Waals surface area contributed by atoms with Crippen LogP contribution in [0.5, 0.6) is 0 Å². The Labute approximate surface area is 297 Å². The van der Waals surface area contributed by atoms with E-state index in [1.165, 1.54) is 3.97 Å². The number of carbonyl (C=O) groups is 2. The van der Waals surface area contributed by atoms with Crippen molar-refractivity contribution in [1.82, 2.24) is 19.3 Å². The Hall–Kier alpha value is -5.23. The number of rotatable bonds is 9. The first-order valence-electron chi connectivity index (χ1n) is 17.4. The maximum atomic E-state index is 13.8. The van der Waals surface area contributed by atoms with Gasteiger partial charge in [-0.1, -0.05) is 36.4 Å². The predicted octanol–water partition coefficient (Wildman–Crippen LogP) is 7.71. The van der Waals surface area contributed by atoms with Crippen LogP contribution < -0.4 is 16.0 Å². The summed E-state index contributed by atoms with van der Waals surface area (Å²) < 4.78 is 34.3. The second kappa shape index (κ2) is 13.8. The maximum Gasteiger partial charge on any atom is 0.412 e. The van der Waals surface area contributed by atoms with E-state index in [9.17, 15) is 18.0 Å². The van der Waals surface area contributed by atoms with Crippen molar-refractivity contribution in [2.45, 2.75) is 87.8 Å². The lowest BCUT2D eigenvalue weighted by atomic mass is 9.91. The quantitative estimate of drug-likeness (QED) is 0.141. The van der Waals surface area contributed by atoms with E-state index >= 15 is 0 Å². The first-order valence-corrected chi connectivity index (χ1v) is 18.8. The van der Waals surface area contributed by atoms with E-state index in [0.717, 1.165) is 54.3 Å². The second-order valence-electron chi connectivity index (χ2n) is 14.3. The maximum absolute atomic E-state index is 13.8. The molecule has 2 saturated carbocycles. The molecule has 2 aliphatic carbocycles. The van der Waals surface area contributed by atoms with E-state index in [-0.39, 0.29) is 22.9 Å². The van der Waals surface area contributed by atoms with Crippen LogP contribution in [-0.2, 0) is 14.8 Å². The molecule has 11 nitrogen and oxygen atoms in total. The van der Waals surface area contributed by atoms with E-state index in [2.05, 4.69) is 16.0 Å². The van der Waals surface area contributed by atoms with Crippen molar-refractivity contribution in [2.75, 3.05) is 10.6 Å².